The molecule has 11 heteroatoms. The fraction of sp³-hybridized carbons (Fsp3) is 0. The maximum Gasteiger partial charge on any atom is 2.00 e. The van der Waals surface area contributed by atoms with E-state index < -0.39 is 29.3 Å². The number of hydrogen-bond acceptors (Lipinski definition) is 7. The molecule has 0 fully saturated rings. The molecule has 10 nitrogen and oxygen atoms in total. The van der Waals surface area contributed by atoms with Crippen molar-refractivity contribution in [3.8, 4) is 0 Å². The predicted octanol–water partition coefficient (Wildman–Crippen LogP) is -3.16. The van der Waals surface area contributed by atoms with Crippen molar-refractivity contribution in [2.45, 2.75) is 0 Å². The molecule has 0 spiro atoms. The monoisotopic (exact) mass is 388 g/mol. The Bertz CT molecular complexity index is 637. The molecule has 0 bridgehead atoms. The van der Waals surface area contributed by atoms with E-state index in [0.29, 0.717) is 0 Å². The zero-order chi connectivity index (χ0) is 15.8. The molecule has 2 rings (SSSR count). The van der Waals surface area contributed by atoms with Crippen molar-refractivity contribution in [2.75, 3.05) is 0 Å². The molecule has 2 aromatic rings. The van der Waals surface area contributed by atoms with Crippen LogP contribution in [0.2, 0.25) is 0 Å². The van der Waals surface area contributed by atoms with Gasteiger partial charge in [-0.15, -0.1) is 0 Å². The fourth-order valence-electron chi connectivity index (χ4n) is 1.15. The summed E-state index contributed by atoms with van der Waals surface area (Å²) in [5.74, 6) is -3.97. The van der Waals surface area contributed by atoms with Gasteiger partial charge < -0.3 is 35.9 Å². The van der Waals surface area contributed by atoms with E-state index in [1.54, 1.807) is 6.07 Å². The first kappa shape index (κ1) is 26.1. The predicted molar refractivity (Wildman–Crippen MR) is 72.6 cm³/mol. The van der Waals surface area contributed by atoms with Crippen molar-refractivity contribution in [1.82, 2.24) is 9.97 Å². The van der Waals surface area contributed by atoms with Gasteiger partial charge in [0.2, 0.25) is 0 Å². The third-order valence-electron chi connectivity index (χ3n) is 2.08. The van der Waals surface area contributed by atoms with Crippen LogP contribution in [0.4, 0.5) is 0 Å². The standard InChI is InChI=1S/C7H5NO4.C6H5NO2.Cu.2H2O/c9-6(10)4-2-1-3-5(8-4)7(11)12;8-6(9)5-2-1-3-7-4-5;;;/h1-3H,(H,9,10)(H,11,12);1-4H,(H,8,9);;2*1H2/q;;+2;;/p-1. The molecule has 2 heterocycles. The number of aromatic nitrogens is 2. The van der Waals surface area contributed by atoms with E-state index in [-0.39, 0.29) is 33.6 Å². The molecule has 0 aliphatic rings. The Hall–Kier alpha value is -2.85. The molecule has 0 amide bonds. The third-order valence-corrected chi connectivity index (χ3v) is 2.08. The quantitative estimate of drug-likeness (QED) is 0.417. The molecule has 0 unspecified atom stereocenters. The molecule has 2 aromatic heterocycles. The normalized spacial score (nSPS) is 8.00. The SMILES string of the molecule is O.O=C(O)c1cccnc1.O=C([O-])c1cccc(C(=O)[O-])n1.[Cu+2].[OH3+]. The van der Waals surface area contributed by atoms with Gasteiger partial charge in [-0.2, -0.15) is 0 Å². The van der Waals surface area contributed by atoms with Gasteiger partial charge in [0.25, 0.3) is 0 Å². The minimum absolute atomic E-state index is 0. The van der Waals surface area contributed by atoms with E-state index in [1.165, 1.54) is 24.5 Å². The topological polar surface area (TPSA) is 208 Å². The summed E-state index contributed by atoms with van der Waals surface area (Å²) in [6.45, 7) is 0. The number of pyridine rings is 2. The van der Waals surface area contributed by atoms with E-state index in [4.69, 9.17) is 5.11 Å². The second-order valence-corrected chi connectivity index (χ2v) is 3.53. The number of carboxylic acids is 3. The van der Waals surface area contributed by atoms with Gasteiger partial charge in [-0.25, -0.2) is 9.78 Å². The van der Waals surface area contributed by atoms with Crippen molar-refractivity contribution in [2.24, 2.45) is 0 Å². The van der Waals surface area contributed by atoms with Crippen LogP contribution in [0.1, 0.15) is 31.3 Å². The molecule has 0 aromatic carbocycles. The summed E-state index contributed by atoms with van der Waals surface area (Å²) in [5.41, 5.74) is -0.620. The van der Waals surface area contributed by atoms with E-state index >= 15 is 0 Å². The summed E-state index contributed by atoms with van der Waals surface area (Å²) in [7, 11) is 0. The Morgan fingerprint density at radius 3 is 1.75 bits per heavy atom. The number of carbonyl (C=O) groups is 3. The molecule has 24 heavy (non-hydrogen) atoms. The summed E-state index contributed by atoms with van der Waals surface area (Å²) in [6, 6.07) is 6.62. The van der Waals surface area contributed by atoms with Crippen molar-refractivity contribution in [3.05, 3.63) is 59.7 Å². The first-order valence-electron chi connectivity index (χ1n) is 5.45. The maximum atomic E-state index is 10.2. The molecule has 0 saturated heterocycles. The van der Waals surface area contributed by atoms with Gasteiger partial charge in [0.1, 0.15) is 0 Å². The van der Waals surface area contributed by atoms with Crippen LogP contribution in [0.5, 0.6) is 0 Å². The molecule has 0 saturated carbocycles. The van der Waals surface area contributed by atoms with Crippen LogP contribution in [-0.4, -0.2) is 38.5 Å². The molecule has 1 radical (unpaired) electrons. The molecule has 133 valence electrons. The van der Waals surface area contributed by atoms with Gasteiger partial charge in [-0.1, -0.05) is 6.07 Å². The summed E-state index contributed by atoms with van der Waals surface area (Å²) in [6.07, 6.45) is 2.84. The molecule has 6 N–H and O–H groups in total. The molecule has 0 aliphatic heterocycles. The van der Waals surface area contributed by atoms with Crippen LogP contribution in [0.15, 0.2) is 42.7 Å². The second-order valence-electron chi connectivity index (χ2n) is 3.53. The number of carboxylic acid groups (broad SMARTS) is 3. The minimum Gasteiger partial charge on any atom is -0.543 e. The number of carbonyl (C=O) groups excluding carboxylic acids is 2. The smallest absolute Gasteiger partial charge is 0.543 e. The summed E-state index contributed by atoms with van der Waals surface area (Å²) in [5, 5.41) is 28.7. The summed E-state index contributed by atoms with van der Waals surface area (Å²) >= 11 is 0. The Balaban J connectivity index is -0.000000336. The Labute approximate surface area is 145 Å². The Morgan fingerprint density at radius 2 is 1.46 bits per heavy atom. The van der Waals surface area contributed by atoms with Crippen LogP contribution < -0.4 is 10.2 Å². The molecular formula is C13H13CuN2O8+. The van der Waals surface area contributed by atoms with Gasteiger partial charge >= 0.3 is 23.0 Å². The van der Waals surface area contributed by atoms with Crippen molar-refractivity contribution in [3.63, 3.8) is 0 Å². The Kier molecular flexibility index (Phi) is 13.8. The first-order chi connectivity index (χ1) is 9.91. The van der Waals surface area contributed by atoms with E-state index in [9.17, 15) is 24.6 Å². The average Bonchev–Trinajstić information content (AvgIpc) is 2.49. The maximum absolute atomic E-state index is 10.2. The number of rotatable bonds is 3. The minimum atomic E-state index is -1.52. The number of nitrogens with zero attached hydrogens (tertiary/aromatic N) is 2. The first-order valence-corrected chi connectivity index (χ1v) is 5.45. The zero-order valence-electron chi connectivity index (χ0n) is 11.8. The van der Waals surface area contributed by atoms with E-state index in [0.717, 1.165) is 12.1 Å². The largest absolute Gasteiger partial charge is 2.00 e. The van der Waals surface area contributed by atoms with Crippen molar-refractivity contribution < 1.29 is 57.7 Å². The molecule has 0 aliphatic carbocycles. The summed E-state index contributed by atoms with van der Waals surface area (Å²) in [4.78, 5) is 37.4. The van der Waals surface area contributed by atoms with Gasteiger partial charge in [-0.3, -0.25) is 4.98 Å². The number of aromatic carboxylic acids is 3. The van der Waals surface area contributed by atoms with E-state index in [2.05, 4.69) is 9.97 Å². The number of hydrogen-bond donors (Lipinski definition) is 1. The second kappa shape index (κ2) is 12.7. The average molecular weight is 389 g/mol. The van der Waals surface area contributed by atoms with Crippen LogP contribution >= 0.6 is 0 Å². The van der Waals surface area contributed by atoms with Crippen LogP contribution in [0.25, 0.3) is 0 Å². The summed E-state index contributed by atoms with van der Waals surface area (Å²) < 4.78 is 0. The van der Waals surface area contributed by atoms with Gasteiger partial charge in [0, 0.05) is 12.4 Å². The fourth-order valence-corrected chi connectivity index (χ4v) is 1.15. The molecule has 0 atom stereocenters. The van der Waals surface area contributed by atoms with Crippen molar-refractivity contribution in [1.29, 1.82) is 0 Å². The van der Waals surface area contributed by atoms with E-state index in [1.807, 2.05) is 0 Å². The van der Waals surface area contributed by atoms with Crippen LogP contribution in [-0.2, 0) is 22.5 Å². The van der Waals surface area contributed by atoms with Gasteiger partial charge in [0.15, 0.2) is 0 Å². The van der Waals surface area contributed by atoms with Gasteiger partial charge in [0.05, 0.1) is 28.9 Å². The third kappa shape index (κ3) is 8.56. The van der Waals surface area contributed by atoms with Crippen LogP contribution in [0, 0.1) is 0 Å². The van der Waals surface area contributed by atoms with Crippen molar-refractivity contribution >= 4 is 17.9 Å². The molecular weight excluding hydrogens is 376 g/mol. The zero-order valence-corrected chi connectivity index (χ0v) is 12.7. The van der Waals surface area contributed by atoms with Gasteiger partial charge in [-0.05, 0) is 24.3 Å². The Morgan fingerprint density at radius 1 is 0.958 bits per heavy atom. The van der Waals surface area contributed by atoms with Crippen LogP contribution in [0.3, 0.4) is 0 Å².